The van der Waals surface area contributed by atoms with Crippen LogP contribution in [-0.4, -0.2) is 68.0 Å². The fourth-order valence-electron chi connectivity index (χ4n) is 7.24. The molecular weight excluding hydrogens is 660 g/mol. The van der Waals surface area contributed by atoms with Crippen molar-refractivity contribution in [2.75, 3.05) is 19.7 Å². The van der Waals surface area contributed by atoms with Gasteiger partial charge in [0, 0.05) is 59.8 Å². The van der Waals surface area contributed by atoms with Gasteiger partial charge < -0.3 is 19.5 Å². The molecule has 0 aliphatic carbocycles. The van der Waals surface area contributed by atoms with Gasteiger partial charge in [0.05, 0.1) is 27.0 Å². The summed E-state index contributed by atoms with van der Waals surface area (Å²) >= 11 is 7.82. The zero-order valence-corrected chi connectivity index (χ0v) is 30.0. The van der Waals surface area contributed by atoms with Crippen LogP contribution in [0.5, 0.6) is 0 Å². The molecule has 49 heavy (non-hydrogen) atoms. The topological polar surface area (TPSA) is 107 Å². The number of aliphatic carboxylic acids is 1. The number of rotatable bonds is 7. The molecule has 3 aromatic carbocycles. The number of amides is 1. The van der Waals surface area contributed by atoms with Crippen molar-refractivity contribution < 1.29 is 24.2 Å². The lowest BCUT2D eigenvalue weighted by Gasteiger charge is -2.32. The number of benzene rings is 3. The molecule has 256 valence electrons. The zero-order chi connectivity index (χ0) is 34.6. The Morgan fingerprint density at radius 3 is 2.43 bits per heavy atom. The molecule has 9 nitrogen and oxygen atoms in total. The highest BCUT2D eigenvalue weighted by Gasteiger charge is 2.34. The van der Waals surface area contributed by atoms with Gasteiger partial charge in [-0.3, -0.25) is 9.48 Å². The van der Waals surface area contributed by atoms with Gasteiger partial charge in [0.1, 0.15) is 11.1 Å². The van der Waals surface area contributed by atoms with Crippen molar-refractivity contribution in [3.8, 4) is 21.7 Å². The molecule has 0 radical (unpaired) electrons. The SMILES string of the molecule is Cc1cc2nc(-c3ccc4c(c3)c(C3CCN(C(=O)C5CCCO5)CC3)nn4C)sc2c(-c2ccc(Cl)cc2)c1[C@H](OC(C)(C)C)C(=O)O. The average molecular weight is 701 g/mol. The number of aryl methyl sites for hydroxylation is 2. The predicted octanol–water partition coefficient (Wildman–Crippen LogP) is 8.30. The van der Waals surface area contributed by atoms with Gasteiger partial charge in [-0.2, -0.15) is 5.10 Å². The molecule has 4 heterocycles. The third kappa shape index (κ3) is 6.59. The Labute approximate surface area is 294 Å². The van der Waals surface area contributed by atoms with E-state index in [1.54, 1.807) is 11.3 Å². The first-order valence-electron chi connectivity index (χ1n) is 16.9. The highest BCUT2D eigenvalue weighted by atomic mass is 35.5. The number of carbonyl (C=O) groups excluding carboxylic acids is 1. The Balaban J connectivity index is 1.28. The number of ether oxygens (including phenoxy) is 2. The molecular formula is C38H41ClN4O5S. The first-order chi connectivity index (χ1) is 23.4. The van der Waals surface area contributed by atoms with Gasteiger partial charge in [0.15, 0.2) is 6.10 Å². The molecule has 1 unspecified atom stereocenters. The highest BCUT2D eigenvalue weighted by molar-refractivity contribution is 7.22. The minimum absolute atomic E-state index is 0.121. The largest absolute Gasteiger partial charge is 0.479 e. The summed E-state index contributed by atoms with van der Waals surface area (Å²) in [5.74, 6) is -0.690. The molecule has 2 atom stereocenters. The lowest BCUT2D eigenvalue weighted by atomic mass is 9.91. The Morgan fingerprint density at radius 2 is 1.78 bits per heavy atom. The second-order valence-electron chi connectivity index (χ2n) is 14.1. The molecule has 2 aliphatic heterocycles. The summed E-state index contributed by atoms with van der Waals surface area (Å²) in [7, 11) is 1.97. The second kappa shape index (κ2) is 13.1. The molecule has 5 aromatic rings. The van der Waals surface area contributed by atoms with Crippen LogP contribution in [0.25, 0.3) is 42.8 Å². The van der Waals surface area contributed by atoms with E-state index in [4.69, 9.17) is 31.2 Å². The van der Waals surface area contributed by atoms with Crippen molar-refractivity contribution in [2.45, 2.75) is 77.1 Å². The van der Waals surface area contributed by atoms with E-state index in [-0.39, 0.29) is 17.9 Å². The van der Waals surface area contributed by atoms with E-state index in [0.29, 0.717) is 30.3 Å². The van der Waals surface area contributed by atoms with Gasteiger partial charge in [0.2, 0.25) is 0 Å². The summed E-state index contributed by atoms with van der Waals surface area (Å²) in [5.41, 5.74) is 6.21. The molecule has 0 spiro atoms. The van der Waals surface area contributed by atoms with Crippen molar-refractivity contribution in [2.24, 2.45) is 7.05 Å². The third-order valence-electron chi connectivity index (χ3n) is 9.54. The van der Waals surface area contributed by atoms with Crippen LogP contribution in [-0.2, 0) is 26.1 Å². The predicted molar refractivity (Wildman–Crippen MR) is 193 cm³/mol. The van der Waals surface area contributed by atoms with Gasteiger partial charge in [0.25, 0.3) is 5.91 Å². The number of thiazole rings is 1. The second-order valence-corrected chi connectivity index (χ2v) is 15.6. The minimum Gasteiger partial charge on any atom is -0.479 e. The van der Waals surface area contributed by atoms with E-state index in [2.05, 4.69) is 18.2 Å². The summed E-state index contributed by atoms with van der Waals surface area (Å²) in [6, 6.07) is 15.8. The molecule has 1 N–H and O–H groups in total. The van der Waals surface area contributed by atoms with Crippen molar-refractivity contribution in [1.82, 2.24) is 19.7 Å². The number of carboxylic acid groups (broad SMARTS) is 1. The molecule has 2 saturated heterocycles. The van der Waals surface area contributed by atoms with Crippen molar-refractivity contribution in [3.05, 3.63) is 70.4 Å². The maximum Gasteiger partial charge on any atom is 0.337 e. The van der Waals surface area contributed by atoms with Crippen LogP contribution in [0.2, 0.25) is 5.02 Å². The summed E-state index contributed by atoms with van der Waals surface area (Å²) in [6.45, 7) is 9.57. The number of halogens is 1. The fourth-order valence-corrected chi connectivity index (χ4v) is 8.49. The van der Waals surface area contributed by atoms with E-state index in [1.807, 2.05) is 74.7 Å². The van der Waals surface area contributed by atoms with Crippen LogP contribution in [0.3, 0.4) is 0 Å². The van der Waals surface area contributed by atoms with Crippen LogP contribution in [0, 0.1) is 6.92 Å². The van der Waals surface area contributed by atoms with Gasteiger partial charge >= 0.3 is 5.97 Å². The van der Waals surface area contributed by atoms with Crippen LogP contribution < -0.4 is 0 Å². The van der Waals surface area contributed by atoms with E-state index < -0.39 is 17.7 Å². The van der Waals surface area contributed by atoms with Crippen LogP contribution in [0.1, 0.15) is 75.3 Å². The summed E-state index contributed by atoms with van der Waals surface area (Å²) in [6.07, 6.45) is 1.99. The zero-order valence-electron chi connectivity index (χ0n) is 28.5. The standard InChI is InChI=1S/C38H41ClN4O5S/c1-21-19-27-34(31(22-8-11-25(39)12-9-22)30(21)33(37(45)46)48-38(2,3)4)49-35(40-27)24-10-13-28-26(20-24)32(41-42(28)5)23-14-16-43(17-15-23)36(44)29-7-6-18-47-29/h8-13,19-20,23,29,33H,6-7,14-18H2,1-5H3,(H,45,46)/t29?,33-/m0/s1. The summed E-state index contributed by atoms with van der Waals surface area (Å²) in [5, 5.41) is 17.9. The molecule has 0 bridgehead atoms. The molecule has 0 saturated carbocycles. The minimum atomic E-state index is -1.18. The van der Waals surface area contributed by atoms with Gasteiger partial charge in [-0.15, -0.1) is 11.3 Å². The lowest BCUT2D eigenvalue weighted by Crippen LogP contribution is -2.43. The smallest absolute Gasteiger partial charge is 0.337 e. The summed E-state index contributed by atoms with van der Waals surface area (Å²) < 4.78 is 14.7. The number of carbonyl (C=O) groups is 2. The maximum atomic E-state index is 13.0. The molecule has 1 amide bonds. The van der Waals surface area contributed by atoms with Gasteiger partial charge in [-0.25, -0.2) is 9.78 Å². The first kappa shape index (κ1) is 33.7. The molecule has 2 aromatic heterocycles. The van der Waals surface area contributed by atoms with Crippen LogP contribution in [0.15, 0.2) is 48.5 Å². The number of hydrogen-bond donors (Lipinski definition) is 1. The van der Waals surface area contributed by atoms with Crippen molar-refractivity contribution in [3.63, 3.8) is 0 Å². The number of nitrogens with zero attached hydrogens (tertiary/aromatic N) is 4. The van der Waals surface area contributed by atoms with E-state index in [0.717, 1.165) is 79.8 Å². The molecule has 7 rings (SSSR count). The number of piperidine rings is 1. The van der Waals surface area contributed by atoms with Crippen LogP contribution >= 0.6 is 22.9 Å². The van der Waals surface area contributed by atoms with E-state index >= 15 is 0 Å². The number of aromatic nitrogens is 3. The van der Waals surface area contributed by atoms with Crippen LogP contribution in [0.4, 0.5) is 0 Å². The number of hydrogen-bond acceptors (Lipinski definition) is 7. The Hall–Kier alpha value is -3.83. The van der Waals surface area contributed by atoms with Crippen molar-refractivity contribution in [1.29, 1.82) is 0 Å². The van der Waals surface area contributed by atoms with Crippen molar-refractivity contribution >= 4 is 55.9 Å². The van der Waals surface area contributed by atoms with Gasteiger partial charge in [-0.1, -0.05) is 23.7 Å². The number of carboxylic acids is 1. The summed E-state index contributed by atoms with van der Waals surface area (Å²) in [4.78, 5) is 32.8. The Morgan fingerprint density at radius 1 is 1.06 bits per heavy atom. The average Bonchev–Trinajstić information content (AvgIpc) is 3.82. The van der Waals surface area contributed by atoms with Gasteiger partial charge in [-0.05, 0) is 101 Å². The molecule has 2 aliphatic rings. The fraction of sp³-hybridized carbons (Fsp3) is 0.421. The van der Waals surface area contributed by atoms with E-state index in [9.17, 15) is 14.7 Å². The molecule has 2 fully saturated rings. The maximum absolute atomic E-state index is 13.0. The number of fused-ring (bicyclic) bond motifs is 2. The molecule has 11 heteroatoms. The Kier molecular flexibility index (Phi) is 9.02. The lowest BCUT2D eigenvalue weighted by molar-refractivity contribution is -0.160. The first-order valence-corrected chi connectivity index (χ1v) is 18.1. The number of likely N-dealkylation sites (tertiary alicyclic amines) is 1. The monoisotopic (exact) mass is 700 g/mol. The highest BCUT2D eigenvalue weighted by Crippen LogP contribution is 2.45. The normalized spacial score (nSPS) is 18.1. The Bertz CT molecular complexity index is 2050. The van der Waals surface area contributed by atoms with E-state index in [1.165, 1.54) is 0 Å². The quantitative estimate of drug-likeness (QED) is 0.182. The third-order valence-corrected chi connectivity index (χ3v) is 10.9.